The average Bonchev–Trinajstić information content (AvgIpc) is 2.78. The van der Waals surface area contributed by atoms with Gasteiger partial charge in [-0.2, -0.15) is 0 Å². The molecule has 1 aromatic rings. The number of aryl methyl sites for hydroxylation is 1. The van der Waals surface area contributed by atoms with Crippen LogP contribution in [0.15, 0.2) is 6.20 Å². The molecule has 1 aliphatic rings. The SMILES string of the molecule is Cc1ncc(CO)c(N2CCC(N(C)C)C2)n1. The molecule has 1 saturated heterocycles. The molecule has 0 saturated carbocycles. The second-order valence-electron chi connectivity index (χ2n) is 4.78. The normalized spacial score (nSPS) is 20.3. The van der Waals surface area contributed by atoms with E-state index in [9.17, 15) is 5.11 Å². The average molecular weight is 236 g/mol. The summed E-state index contributed by atoms with van der Waals surface area (Å²) in [4.78, 5) is 13.1. The van der Waals surface area contributed by atoms with Gasteiger partial charge in [0.15, 0.2) is 0 Å². The lowest BCUT2D eigenvalue weighted by Crippen LogP contribution is -2.32. The largest absolute Gasteiger partial charge is 0.391 e. The highest BCUT2D eigenvalue weighted by Gasteiger charge is 2.26. The third-order valence-corrected chi connectivity index (χ3v) is 3.33. The summed E-state index contributed by atoms with van der Waals surface area (Å²) in [7, 11) is 4.21. The number of aromatic nitrogens is 2. The summed E-state index contributed by atoms with van der Waals surface area (Å²) in [5, 5.41) is 9.33. The Morgan fingerprint density at radius 3 is 2.88 bits per heavy atom. The summed E-state index contributed by atoms with van der Waals surface area (Å²) >= 11 is 0. The molecule has 94 valence electrons. The molecule has 0 spiro atoms. The molecule has 0 bridgehead atoms. The highest BCUT2D eigenvalue weighted by atomic mass is 16.3. The van der Waals surface area contributed by atoms with Crippen molar-refractivity contribution in [3.05, 3.63) is 17.6 Å². The lowest BCUT2D eigenvalue weighted by molar-refractivity contribution is 0.281. The summed E-state index contributed by atoms with van der Waals surface area (Å²) in [6, 6.07) is 0.566. The molecule has 2 heterocycles. The van der Waals surface area contributed by atoms with Crippen molar-refractivity contribution in [3.63, 3.8) is 0 Å². The minimum absolute atomic E-state index is 0.00125. The van der Waals surface area contributed by atoms with Gasteiger partial charge in [0.05, 0.1) is 6.61 Å². The van der Waals surface area contributed by atoms with Gasteiger partial charge in [0, 0.05) is 30.9 Å². The fourth-order valence-electron chi connectivity index (χ4n) is 2.22. The van der Waals surface area contributed by atoms with E-state index in [1.165, 1.54) is 0 Å². The van der Waals surface area contributed by atoms with Gasteiger partial charge in [-0.15, -0.1) is 0 Å². The van der Waals surface area contributed by atoms with Crippen molar-refractivity contribution >= 4 is 5.82 Å². The Hall–Kier alpha value is -1.20. The van der Waals surface area contributed by atoms with E-state index in [1.54, 1.807) is 6.20 Å². The molecule has 1 unspecified atom stereocenters. The number of likely N-dealkylation sites (N-methyl/N-ethyl adjacent to an activating group) is 1. The van der Waals surface area contributed by atoms with Crippen molar-refractivity contribution in [2.75, 3.05) is 32.1 Å². The Morgan fingerprint density at radius 2 is 2.29 bits per heavy atom. The third kappa shape index (κ3) is 2.56. The van der Waals surface area contributed by atoms with Gasteiger partial charge >= 0.3 is 0 Å². The van der Waals surface area contributed by atoms with Crippen LogP contribution in [0.1, 0.15) is 17.8 Å². The van der Waals surface area contributed by atoms with E-state index >= 15 is 0 Å². The van der Waals surface area contributed by atoms with Crippen LogP contribution in [-0.2, 0) is 6.61 Å². The van der Waals surface area contributed by atoms with Crippen LogP contribution in [0.5, 0.6) is 0 Å². The Bertz CT molecular complexity index is 394. The summed E-state index contributed by atoms with van der Waals surface area (Å²) in [5.74, 6) is 1.65. The number of aliphatic hydroxyl groups excluding tert-OH is 1. The smallest absolute Gasteiger partial charge is 0.137 e. The van der Waals surface area contributed by atoms with E-state index in [2.05, 4.69) is 33.9 Å². The summed E-state index contributed by atoms with van der Waals surface area (Å²) < 4.78 is 0. The fourth-order valence-corrected chi connectivity index (χ4v) is 2.22. The van der Waals surface area contributed by atoms with E-state index in [0.29, 0.717) is 6.04 Å². The highest BCUT2D eigenvalue weighted by molar-refractivity contribution is 5.47. The van der Waals surface area contributed by atoms with Crippen LogP contribution < -0.4 is 4.90 Å². The molecule has 17 heavy (non-hydrogen) atoms. The predicted octanol–water partition coefficient (Wildman–Crippen LogP) is 0.418. The monoisotopic (exact) mass is 236 g/mol. The summed E-state index contributed by atoms with van der Waals surface area (Å²) in [6.45, 7) is 3.84. The van der Waals surface area contributed by atoms with Crippen LogP contribution in [0.25, 0.3) is 0 Å². The molecule has 1 N–H and O–H groups in total. The topological polar surface area (TPSA) is 52.5 Å². The second kappa shape index (κ2) is 4.98. The first kappa shape index (κ1) is 12.3. The molecule has 1 atom stereocenters. The zero-order valence-corrected chi connectivity index (χ0v) is 10.7. The second-order valence-corrected chi connectivity index (χ2v) is 4.78. The lowest BCUT2D eigenvalue weighted by atomic mass is 10.2. The van der Waals surface area contributed by atoms with E-state index in [1.807, 2.05) is 6.92 Å². The van der Waals surface area contributed by atoms with Crippen LogP contribution in [0.3, 0.4) is 0 Å². The van der Waals surface area contributed by atoms with Crippen molar-refractivity contribution in [3.8, 4) is 0 Å². The molecule has 1 aliphatic heterocycles. The zero-order chi connectivity index (χ0) is 12.4. The van der Waals surface area contributed by atoms with E-state index in [-0.39, 0.29) is 6.61 Å². The molecule has 0 amide bonds. The molecule has 0 radical (unpaired) electrons. The highest BCUT2D eigenvalue weighted by Crippen LogP contribution is 2.23. The molecule has 0 aromatic carbocycles. The van der Waals surface area contributed by atoms with Crippen molar-refractivity contribution in [1.29, 1.82) is 0 Å². The van der Waals surface area contributed by atoms with Crippen molar-refractivity contribution in [1.82, 2.24) is 14.9 Å². The van der Waals surface area contributed by atoms with Crippen LogP contribution >= 0.6 is 0 Å². The zero-order valence-electron chi connectivity index (χ0n) is 10.7. The van der Waals surface area contributed by atoms with E-state index < -0.39 is 0 Å². The number of aliphatic hydroxyl groups is 1. The third-order valence-electron chi connectivity index (χ3n) is 3.33. The van der Waals surface area contributed by atoms with Gasteiger partial charge in [0.25, 0.3) is 0 Å². The maximum Gasteiger partial charge on any atom is 0.137 e. The number of hydrogen-bond acceptors (Lipinski definition) is 5. The van der Waals surface area contributed by atoms with Crippen LogP contribution in [-0.4, -0.2) is 53.2 Å². The van der Waals surface area contributed by atoms with Gasteiger partial charge in [-0.05, 0) is 27.4 Å². The molecular formula is C12H20N4O. The summed E-state index contributed by atoms with van der Waals surface area (Å²) in [6.07, 6.45) is 2.86. The first-order valence-electron chi connectivity index (χ1n) is 5.96. The minimum Gasteiger partial charge on any atom is -0.391 e. The quantitative estimate of drug-likeness (QED) is 0.824. The van der Waals surface area contributed by atoms with E-state index in [0.717, 1.165) is 36.7 Å². The van der Waals surface area contributed by atoms with E-state index in [4.69, 9.17) is 0 Å². The Balaban J connectivity index is 2.20. The maximum absolute atomic E-state index is 9.33. The van der Waals surface area contributed by atoms with Gasteiger partial charge in [0.2, 0.25) is 0 Å². The molecule has 0 aliphatic carbocycles. The number of rotatable bonds is 3. The molecule has 5 nitrogen and oxygen atoms in total. The standard InChI is InChI=1S/C12H20N4O/c1-9-13-6-10(8-17)12(14-9)16-5-4-11(7-16)15(2)3/h6,11,17H,4-5,7-8H2,1-3H3. The Morgan fingerprint density at radius 1 is 1.53 bits per heavy atom. The van der Waals surface area contributed by atoms with Crippen molar-refractivity contribution in [2.45, 2.75) is 26.0 Å². The maximum atomic E-state index is 9.33. The molecule has 1 fully saturated rings. The van der Waals surface area contributed by atoms with Gasteiger partial charge in [-0.3, -0.25) is 0 Å². The predicted molar refractivity (Wildman–Crippen MR) is 67.0 cm³/mol. The van der Waals surface area contributed by atoms with Gasteiger partial charge in [-0.1, -0.05) is 0 Å². The summed E-state index contributed by atoms with van der Waals surface area (Å²) in [5.41, 5.74) is 0.815. The molecule has 1 aromatic heterocycles. The molecule has 2 rings (SSSR count). The fraction of sp³-hybridized carbons (Fsp3) is 0.667. The number of hydrogen-bond donors (Lipinski definition) is 1. The number of anilines is 1. The van der Waals surface area contributed by atoms with Gasteiger partial charge in [-0.25, -0.2) is 9.97 Å². The Labute approximate surface area is 102 Å². The lowest BCUT2D eigenvalue weighted by Gasteiger charge is -2.22. The number of nitrogens with zero attached hydrogens (tertiary/aromatic N) is 4. The van der Waals surface area contributed by atoms with Gasteiger partial charge in [0.1, 0.15) is 11.6 Å². The van der Waals surface area contributed by atoms with Crippen molar-refractivity contribution in [2.24, 2.45) is 0 Å². The molecular weight excluding hydrogens is 216 g/mol. The van der Waals surface area contributed by atoms with Crippen LogP contribution in [0, 0.1) is 6.92 Å². The van der Waals surface area contributed by atoms with Crippen molar-refractivity contribution < 1.29 is 5.11 Å². The van der Waals surface area contributed by atoms with Crippen LogP contribution in [0.4, 0.5) is 5.82 Å². The first-order valence-corrected chi connectivity index (χ1v) is 5.96. The van der Waals surface area contributed by atoms with Crippen LogP contribution in [0.2, 0.25) is 0 Å². The van der Waals surface area contributed by atoms with Gasteiger partial charge < -0.3 is 14.9 Å². The minimum atomic E-state index is -0.00125. The first-order chi connectivity index (χ1) is 8.11. The molecule has 5 heteroatoms. The Kier molecular flexibility index (Phi) is 3.59.